The van der Waals surface area contributed by atoms with Crippen LogP contribution in [0, 0.1) is 11.8 Å². The van der Waals surface area contributed by atoms with Crippen molar-refractivity contribution in [3.05, 3.63) is 96.1 Å². The maximum atomic E-state index is 10.6. The minimum absolute atomic E-state index is 0.810. The second kappa shape index (κ2) is 6.20. The van der Waals surface area contributed by atoms with Gasteiger partial charge in [0.15, 0.2) is 0 Å². The number of hydrogen-bond acceptors (Lipinski definition) is 1. The van der Waals surface area contributed by atoms with Crippen LogP contribution in [0.2, 0.25) is 0 Å². The fourth-order valence-electron chi connectivity index (χ4n) is 3.05. The zero-order valence-corrected chi connectivity index (χ0v) is 13.1. The van der Waals surface area contributed by atoms with Crippen LogP contribution in [0.5, 0.6) is 0 Å². The summed E-state index contributed by atoms with van der Waals surface area (Å²) in [5, 5.41) is 15.0. The van der Waals surface area contributed by atoms with Crippen LogP contribution in [0.25, 0.3) is 21.5 Å². The quantitative estimate of drug-likeness (QED) is 0.486. The van der Waals surface area contributed by atoms with Crippen molar-refractivity contribution in [3.8, 4) is 11.8 Å². The Balaban J connectivity index is 1.76. The van der Waals surface area contributed by atoms with Crippen LogP contribution in [0.4, 0.5) is 0 Å². The van der Waals surface area contributed by atoms with Gasteiger partial charge in [0, 0.05) is 11.1 Å². The summed E-state index contributed by atoms with van der Waals surface area (Å²) in [7, 11) is 0. The molecular weight excluding hydrogens is 292 g/mol. The molecule has 0 heterocycles. The van der Waals surface area contributed by atoms with Gasteiger partial charge in [-0.25, -0.2) is 0 Å². The van der Waals surface area contributed by atoms with Crippen LogP contribution in [0.15, 0.2) is 84.9 Å². The van der Waals surface area contributed by atoms with Crippen molar-refractivity contribution in [2.45, 2.75) is 6.10 Å². The summed E-state index contributed by atoms with van der Waals surface area (Å²) in [6.45, 7) is 0. The van der Waals surface area contributed by atoms with Gasteiger partial charge in [0.25, 0.3) is 0 Å². The van der Waals surface area contributed by atoms with Gasteiger partial charge in [-0.05, 0) is 27.6 Å². The molecule has 1 heteroatoms. The average Bonchev–Trinajstić information content (AvgIpc) is 2.65. The Kier molecular flexibility index (Phi) is 3.75. The first-order valence-electron chi connectivity index (χ1n) is 7.98. The Bertz CT molecular complexity index is 1070. The average molecular weight is 308 g/mol. The Labute approximate surface area is 141 Å². The summed E-state index contributed by atoms with van der Waals surface area (Å²) in [5.41, 5.74) is 1.79. The molecule has 24 heavy (non-hydrogen) atoms. The van der Waals surface area contributed by atoms with Crippen molar-refractivity contribution < 1.29 is 5.11 Å². The molecule has 0 fully saturated rings. The van der Waals surface area contributed by atoms with Gasteiger partial charge in [0.05, 0.1) is 0 Å². The fraction of sp³-hybridized carbons (Fsp3) is 0.0435. The van der Waals surface area contributed by atoms with Crippen LogP contribution in [-0.2, 0) is 0 Å². The topological polar surface area (TPSA) is 20.2 Å². The molecule has 0 saturated heterocycles. The molecule has 4 aromatic rings. The van der Waals surface area contributed by atoms with Crippen molar-refractivity contribution in [1.29, 1.82) is 0 Å². The van der Waals surface area contributed by atoms with Gasteiger partial charge in [-0.2, -0.15) is 0 Å². The summed E-state index contributed by atoms with van der Waals surface area (Å²) in [6, 6.07) is 28.2. The van der Waals surface area contributed by atoms with Crippen molar-refractivity contribution in [2.75, 3.05) is 0 Å². The van der Waals surface area contributed by atoms with E-state index in [1.165, 1.54) is 0 Å². The molecule has 114 valence electrons. The largest absolute Gasteiger partial charge is 0.376 e. The third-order valence-corrected chi connectivity index (χ3v) is 4.25. The number of rotatable bonds is 1. The second-order valence-corrected chi connectivity index (χ2v) is 5.77. The Morgan fingerprint density at radius 3 is 2.00 bits per heavy atom. The van der Waals surface area contributed by atoms with Crippen molar-refractivity contribution >= 4 is 21.5 Å². The van der Waals surface area contributed by atoms with Crippen LogP contribution >= 0.6 is 0 Å². The molecular formula is C23H16O. The molecule has 0 aromatic heterocycles. The van der Waals surface area contributed by atoms with Gasteiger partial charge in [0.2, 0.25) is 0 Å². The Morgan fingerprint density at radius 1 is 0.625 bits per heavy atom. The molecule has 0 bridgehead atoms. The summed E-state index contributed by atoms with van der Waals surface area (Å²) in [5.74, 6) is 6.16. The predicted molar refractivity (Wildman–Crippen MR) is 99.7 cm³/mol. The third kappa shape index (κ3) is 2.65. The fourth-order valence-corrected chi connectivity index (χ4v) is 3.05. The maximum Gasteiger partial charge on any atom is 0.141 e. The lowest BCUT2D eigenvalue weighted by atomic mass is 10.00. The van der Waals surface area contributed by atoms with E-state index in [2.05, 4.69) is 30.0 Å². The van der Waals surface area contributed by atoms with E-state index in [1.54, 1.807) is 0 Å². The highest BCUT2D eigenvalue weighted by molar-refractivity contribution is 5.88. The smallest absolute Gasteiger partial charge is 0.141 e. The summed E-state index contributed by atoms with van der Waals surface area (Å²) in [4.78, 5) is 0. The second-order valence-electron chi connectivity index (χ2n) is 5.77. The molecule has 0 saturated carbocycles. The summed E-state index contributed by atoms with van der Waals surface area (Å²) < 4.78 is 0. The van der Waals surface area contributed by atoms with Gasteiger partial charge >= 0.3 is 0 Å². The molecule has 0 spiro atoms. The molecule has 1 nitrogen and oxygen atoms in total. The molecule has 1 atom stereocenters. The lowest BCUT2D eigenvalue weighted by molar-refractivity contribution is 0.240. The first-order valence-corrected chi connectivity index (χ1v) is 7.98. The number of benzene rings is 4. The predicted octanol–water partition coefficient (Wildman–Crippen LogP) is 5.08. The summed E-state index contributed by atoms with van der Waals surface area (Å²) >= 11 is 0. The van der Waals surface area contributed by atoms with E-state index in [9.17, 15) is 5.11 Å². The first kappa shape index (κ1) is 14.5. The van der Waals surface area contributed by atoms with E-state index in [-0.39, 0.29) is 0 Å². The lowest BCUT2D eigenvalue weighted by Crippen LogP contribution is -1.95. The number of hydrogen-bond donors (Lipinski definition) is 1. The molecule has 0 amide bonds. The highest BCUT2D eigenvalue weighted by Gasteiger charge is 2.08. The highest BCUT2D eigenvalue weighted by Crippen LogP contribution is 2.24. The standard InChI is InChI=1S/C23H16O/c24-23(22-14-6-11-18-8-2-4-13-21(18)22)16-15-19-10-5-9-17-7-1-3-12-20(17)19/h1-14,23-24H/t23-/m1/s1. The molecule has 4 rings (SSSR count). The van der Waals surface area contributed by atoms with Gasteiger partial charge in [-0.1, -0.05) is 90.7 Å². The lowest BCUT2D eigenvalue weighted by Gasteiger charge is -2.08. The maximum absolute atomic E-state index is 10.6. The van der Waals surface area contributed by atoms with Crippen molar-refractivity contribution in [1.82, 2.24) is 0 Å². The highest BCUT2D eigenvalue weighted by atomic mass is 16.3. The van der Waals surface area contributed by atoms with E-state index in [1.807, 2.05) is 66.7 Å². The van der Waals surface area contributed by atoms with Crippen LogP contribution < -0.4 is 0 Å². The van der Waals surface area contributed by atoms with Gasteiger partial charge in [0.1, 0.15) is 6.10 Å². The first-order chi connectivity index (χ1) is 11.8. The number of aliphatic hydroxyl groups is 1. The molecule has 0 aliphatic heterocycles. The van der Waals surface area contributed by atoms with E-state index < -0.39 is 6.10 Å². The van der Waals surface area contributed by atoms with E-state index in [0.717, 1.165) is 32.7 Å². The van der Waals surface area contributed by atoms with Gasteiger partial charge in [-0.3, -0.25) is 0 Å². The Morgan fingerprint density at radius 2 is 1.21 bits per heavy atom. The zero-order valence-electron chi connectivity index (χ0n) is 13.1. The minimum atomic E-state index is -0.810. The molecule has 4 aromatic carbocycles. The molecule has 1 N–H and O–H groups in total. The van der Waals surface area contributed by atoms with Crippen molar-refractivity contribution in [3.63, 3.8) is 0 Å². The van der Waals surface area contributed by atoms with Gasteiger partial charge in [-0.15, -0.1) is 0 Å². The van der Waals surface area contributed by atoms with Crippen LogP contribution in [-0.4, -0.2) is 5.11 Å². The molecule has 0 unspecified atom stereocenters. The van der Waals surface area contributed by atoms with E-state index in [0.29, 0.717) is 0 Å². The Hall–Kier alpha value is -3.08. The normalized spacial score (nSPS) is 11.9. The van der Waals surface area contributed by atoms with Crippen LogP contribution in [0.3, 0.4) is 0 Å². The minimum Gasteiger partial charge on any atom is -0.376 e. The molecule has 0 aliphatic carbocycles. The molecule has 0 radical (unpaired) electrons. The van der Waals surface area contributed by atoms with E-state index >= 15 is 0 Å². The van der Waals surface area contributed by atoms with Crippen molar-refractivity contribution in [2.24, 2.45) is 0 Å². The number of aliphatic hydroxyl groups excluding tert-OH is 1. The monoisotopic (exact) mass is 308 g/mol. The van der Waals surface area contributed by atoms with E-state index in [4.69, 9.17) is 0 Å². The van der Waals surface area contributed by atoms with Crippen LogP contribution in [0.1, 0.15) is 17.2 Å². The molecule has 0 aliphatic rings. The summed E-state index contributed by atoms with van der Waals surface area (Å²) in [6.07, 6.45) is -0.810. The third-order valence-electron chi connectivity index (χ3n) is 4.25. The SMILES string of the molecule is O[C@H](C#Cc1cccc2ccccc12)c1cccc2ccccc12. The van der Waals surface area contributed by atoms with Gasteiger partial charge < -0.3 is 5.11 Å². The zero-order chi connectivity index (χ0) is 16.4. The number of fused-ring (bicyclic) bond motifs is 2.